The molecule has 2 aliphatic rings. The third-order valence-electron chi connectivity index (χ3n) is 6.35. The second kappa shape index (κ2) is 9.61. The van der Waals surface area contributed by atoms with Crippen LogP contribution in [-0.2, 0) is 16.1 Å². The van der Waals surface area contributed by atoms with Crippen LogP contribution in [0.5, 0.6) is 0 Å². The van der Waals surface area contributed by atoms with Crippen LogP contribution in [0.15, 0.2) is 35.7 Å². The average Bonchev–Trinajstić information content (AvgIpc) is 3.25. The van der Waals surface area contributed by atoms with Crippen LogP contribution >= 0.6 is 11.3 Å². The van der Waals surface area contributed by atoms with Gasteiger partial charge in [0.05, 0.1) is 18.6 Å². The lowest BCUT2D eigenvalue weighted by Crippen LogP contribution is -2.43. The van der Waals surface area contributed by atoms with Gasteiger partial charge in [0, 0.05) is 50.8 Å². The average molecular weight is 439 g/mol. The van der Waals surface area contributed by atoms with E-state index in [2.05, 4.69) is 45.5 Å². The van der Waals surface area contributed by atoms with Crippen molar-refractivity contribution < 1.29 is 9.47 Å². The molecule has 6 nitrogen and oxygen atoms in total. The molecule has 0 atom stereocenters. The van der Waals surface area contributed by atoms with Crippen molar-refractivity contribution in [2.75, 3.05) is 57.9 Å². The summed E-state index contributed by atoms with van der Waals surface area (Å²) in [6, 6.07) is 10.6. The Labute approximate surface area is 187 Å². The number of anilines is 1. The topological polar surface area (TPSA) is 50.7 Å². The molecule has 4 heterocycles. The molecule has 3 aromatic rings. The minimum absolute atomic E-state index is 0.439. The standard InChI is InChI=1S/C24H30N4O2S/c1-29-16-21-25-23(22-20(17-31-24(22)26-21)19-5-3-2-4-6-19)28-9-7-18(8-10-28)15-27-11-13-30-14-12-27/h2-6,17-18H,7-16H2,1H3. The van der Waals surface area contributed by atoms with Gasteiger partial charge in [0.25, 0.3) is 0 Å². The maximum Gasteiger partial charge on any atom is 0.158 e. The number of hydrogen-bond acceptors (Lipinski definition) is 7. The number of methoxy groups -OCH3 is 1. The Morgan fingerprint density at radius 1 is 1.06 bits per heavy atom. The number of piperidine rings is 1. The summed E-state index contributed by atoms with van der Waals surface area (Å²) in [7, 11) is 1.70. The maximum absolute atomic E-state index is 5.50. The van der Waals surface area contributed by atoms with E-state index in [1.165, 1.54) is 35.9 Å². The number of nitrogens with zero attached hydrogens (tertiary/aromatic N) is 4. The number of morpholine rings is 1. The SMILES string of the molecule is COCc1nc(N2CCC(CN3CCOCC3)CC2)c2c(-c3ccccc3)csc2n1. The normalized spacial score (nSPS) is 18.7. The number of rotatable bonds is 6. The van der Waals surface area contributed by atoms with Gasteiger partial charge in [0.1, 0.15) is 17.3 Å². The molecule has 0 saturated carbocycles. The number of thiophene rings is 1. The van der Waals surface area contributed by atoms with Crippen LogP contribution < -0.4 is 4.90 Å². The van der Waals surface area contributed by atoms with Gasteiger partial charge in [-0.25, -0.2) is 9.97 Å². The van der Waals surface area contributed by atoms with Gasteiger partial charge >= 0.3 is 0 Å². The fourth-order valence-corrected chi connectivity index (χ4v) is 5.66. The van der Waals surface area contributed by atoms with Gasteiger partial charge in [0.2, 0.25) is 0 Å². The highest BCUT2D eigenvalue weighted by molar-refractivity contribution is 7.17. The van der Waals surface area contributed by atoms with Gasteiger partial charge in [-0.1, -0.05) is 30.3 Å². The summed E-state index contributed by atoms with van der Waals surface area (Å²) in [6.07, 6.45) is 2.40. The van der Waals surface area contributed by atoms with Gasteiger partial charge in [-0.05, 0) is 24.3 Å². The summed E-state index contributed by atoms with van der Waals surface area (Å²) in [6.45, 7) is 7.61. The Morgan fingerprint density at radius 2 is 1.84 bits per heavy atom. The molecule has 5 rings (SSSR count). The number of benzene rings is 1. The monoisotopic (exact) mass is 438 g/mol. The molecule has 0 amide bonds. The van der Waals surface area contributed by atoms with Gasteiger partial charge in [-0.3, -0.25) is 4.90 Å². The van der Waals surface area contributed by atoms with E-state index in [1.54, 1.807) is 18.4 Å². The van der Waals surface area contributed by atoms with E-state index in [0.717, 1.165) is 61.8 Å². The first-order valence-electron chi connectivity index (χ1n) is 11.2. The van der Waals surface area contributed by atoms with Crippen LogP contribution in [-0.4, -0.2) is 67.9 Å². The Kier molecular flexibility index (Phi) is 6.45. The molecule has 0 N–H and O–H groups in total. The molecular weight excluding hydrogens is 408 g/mol. The van der Waals surface area contributed by atoms with Gasteiger partial charge < -0.3 is 14.4 Å². The number of aromatic nitrogens is 2. The number of hydrogen-bond donors (Lipinski definition) is 0. The third-order valence-corrected chi connectivity index (χ3v) is 7.23. The summed E-state index contributed by atoms with van der Waals surface area (Å²) < 4.78 is 10.9. The van der Waals surface area contributed by atoms with E-state index in [1.807, 2.05) is 0 Å². The molecule has 7 heteroatoms. The Bertz CT molecular complexity index is 995. The molecule has 2 aliphatic heterocycles. The van der Waals surface area contributed by atoms with E-state index in [0.29, 0.717) is 6.61 Å². The van der Waals surface area contributed by atoms with Crippen LogP contribution in [0, 0.1) is 5.92 Å². The first-order valence-corrected chi connectivity index (χ1v) is 12.1. The summed E-state index contributed by atoms with van der Waals surface area (Å²) in [5.41, 5.74) is 2.45. The van der Waals surface area contributed by atoms with Gasteiger partial charge in [-0.15, -0.1) is 11.3 Å². The molecule has 2 fully saturated rings. The highest BCUT2D eigenvalue weighted by Gasteiger charge is 2.26. The highest BCUT2D eigenvalue weighted by atomic mass is 32.1. The van der Waals surface area contributed by atoms with Crippen molar-refractivity contribution in [3.63, 3.8) is 0 Å². The maximum atomic E-state index is 5.50. The predicted octanol–water partition coefficient (Wildman–Crippen LogP) is 4.05. The Morgan fingerprint density at radius 3 is 2.58 bits per heavy atom. The fraction of sp³-hybridized carbons (Fsp3) is 0.500. The van der Waals surface area contributed by atoms with Crippen molar-refractivity contribution in [2.45, 2.75) is 19.4 Å². The zero-order chi connectivity index (χ0) is 21.0. The lowest BCUT2D eigenvalue weighted by molar-refractivity contribution is 0.0289. The van der Waals surface area contributed by atoms with E-state index < -0.39 is 0 Å². The zero-order valence-electron chi connectivity index (χ0n) is 18.1. The van der Waals surface area contributed by atoms with Crippen molar-refractivity contribution in [3.8, 4) is 11.1 Å². The second-order valence-corrected chi connectivity index (χ2v) is 9.29. The van der Waals surface area contributed by atoms with E-state index in [9.17, 15) is 0 Å². The first kappa shape index (κ1) is 20.8. The molecule has 0 unspecified atom stereocenters. The molecule has 0 spiro atoms. The molecule has 31 heavy (non-hydrogen) atoms. The lowest BCUT2D eigenvalue weighted by atomic mass is 9.95. The first-order chi connectivity index (χ1) is 15.3. The van der Waals surface area contributed by atoms with Crippen LogP contribution in [0.2, 0.25) is 0 Å². The molecule has 0 radical (unpaired) electrons. The summed E-state index contributed by atoms with van der Waals surface area (Å²) in [5.74, 6) is 2.59. The Balaban J connectivity index is 1.41. The zero-order valence-corrected chi connectivity index (χ0v) is 18.9. The third kappa shape index (κ3) is 4.60. The number of fused-ring (bicyclic) bond motifs is 1. The van der Waals surface area contributed by atoms with Crippen LogP contribution in [0.3, 0.4) is 0 Å². The molecule has 2 saturated heterocycles. The van der Waals surface area contributed by atoms with Crippen molar-refractivity contribution in [3.05, 3.63) is 41.5 Å². The Hall–Kier alpha value is -2.06. The van der Waals surface area contributed by atoms with Crippen molar-refractivity contribution in [1.82, 2.24) is 14.9 Å². The van der Waals surface area contributed by atoms with Gasteiger partial charge in [-0.2, -0.15) is 0 Å². The molecule has 2 aromatic heterocycles. The molecule has 0 aliphatic carbocycles. The molecule has 164 valence electrons. The van der Waals surface area contributed by atoms with Gasteiger partial charge in [0.15, 0.2) is 5.82 Å². The van der Waals surface area contributed by atoms with Crippen molar-refractivity contribution in [2.24, 2.45) is 5.92 Å². The largest absolute Gasteiger partial charge is 0.379 e. The minimum Gasteiger partial charge on any atom is -0.379 e. The number of ether oxygens (including phenoxy) is 2. The van der Waals surface area contributed by atoms with Crippen LogP contribution in [0.4, 0.5) is 5.82 Å². The quantitative estimate of drug-likeness (QED) is 0.579. The van der Waals surface area contributed by atoms with E-state index in [-0.39, 0.29) is 0 Å². The summed E-state index contributed by atoms with van der Waals surface area (Å²) in [5, 5.41) is 3.41. The summed E-state index contributed by atoms with van der Waals surface area (Å²) in [4.78, 5) is 15.9. The smallest absolute Gasteiger partial charge is 0.158 e. The fourth-order valence-electron chi connectivity index (χ4n) is 4.70. The van der Waals surface area contributed by atoms with Crippen molar-refractivity contribution >= 4 is 27.4 Å². The highest BCUT2D eigenvalue weighted by Crippen LogP contribution is 2.39. The van der Waals surface area contributed by atoms with E-state index in [4.69, 9.17) is 19.4 Å². The molecule has 0 bridgehead atoms. The lowest BCUT2D eigenvalue weighted by Gasteiger charge is -2.36. The van der Waals surface area contributed by atoms with Crippen molar-refractivity contribution in [1.29, 1.82) is 0 Å². The van der Waals surface area contributed by atoms with Crippen LogP contribution in [0.25, 0.3) is 21.3 Å². The molecule has 1 aromatic carbocycles. The second-order valence-electron chi connectivity index (χ2n) is 8.44. The molecular formula is C24H30N4O2S. The minimum atomic E-state index is 0.439. The van der Waals surface area contributed by atoms with Crippen LogP contribution in [0.1, 0.15) is 18.7 Å². The summed E-state index contributed by atoms with van der Waals surface area (Å²) >= 11 is 1.70. The predicted molar refractivity (Wildman–Crippen MR) is 126 cm³/mol. The van der Waals surface area contributed by atoms with E-state index >= 15 is 0 Å².